The predicted octanol–water partition coefficient (Wildman–Crippen LogP) is 0.856. The summed E-state index contributed by atoms with van der Waals surface area (Å²) in [7, 11) is 2.06. The maximum Gasteiger partial charge on any atom is 0.224 e. The molecular formula is C13H20N2O. The first kappa shape index (κ1) is 11.5. The fraction of sp³-hybridized carbons (Fsp3) is 0.769. The standard InChI is InChI=1S/C13H20N2O/c1-4-10-9-15(3)8-5-11(10)12(16)14-13(2)6-7-13/h1,10-11H,5-9H2,2-3H3,(H,14,16)/t10-,11-/m0/s1. The second-order valence-corrected chi connectivity index (χ2v) is 5.48. The van der Waals surface area contributed by atoms with Crippen LogP contribution in [-0.2, 0) is 4.79 Å². The Morgan fingerprint density at radius 3 is 2.81 bits per heavy atom. The third-order valence-electron chi connectivity index (χ3n) is 3.79. The molecule has 0 spiro atoms. The molecule has 1 heterocycles. The summed E-state index contributed by atoms with van der Waals surface area (Å²) in [5.74, 6) is 3.02. The Morgan fingerprint density at radius 1 is 1.56 bits per heavy atom. The van der Waals surface area contributed by atoms with E-state index in [2.05, 4.69) is 30.1 Å². The number of nitrogens with one attached hydrogen (secondary N) is 1. The number of rotatable bonds is 2. The van der Waals surface area contributed by atoms with Crippen molar-refractivity contribution in [2.45, 2.75) is 31.7 Å². The van der Waals surface area contributed by atoms with Gasteiger partial charge in [0.05, 0.1) is 5.92 Å². The SMILES string of the molecule is C#C[C@H]1CN(C)CC[C@@H]1C(=O)NC1(C)CC1. The van der Waals surface area contributed by atoms with Gasteiger partial charge in [-0.15, -0.1) is 12.3 Å². The minimum Gasteiger partial charge on any atom is -0.351 e. The molecule has 2 atom stereocenters. The quantitative estimate of drug-likeness (QED) is 0.700. The van der Waals surface area contributed by atoms with Gasteiger partial charge in [-0.1, -0.05) is 0 Å². The molecule has 2 aliphatic rings. The highest BCUT2D eigenvalue weighted by Gasteiger charge is 2.41. The number of hydrogen-bond donors (Lipinski definition) is 1. The van der Waals surface area contributed by atoms with Gasteiger partial charge in [-0.2, -0.15) is 0 Å². The Bertz CT molecular complexity index is 327. The molecule has 16 heavy (non-hydrogen) atoms. The third kappa shape index (κ3) is 2.38. The van der Waals surface area contributed by atoms with Crippen LogP contribution in [0.15, 0.2) is 0 Å². The van der Waals surface area contributed by atoms with Crippen LogP contribution in [-0.4, -0.2) is 36.5 Å². The molecule has 1 saturated heterocycles. The van der Waals surface area contributed by atoms with E-state index in [0.717, 1.165) is 32.4 Å². The molecule has 0 bridgehead atoms. The van der Waals surface area contributed by atoms with E-state index in [9.17, 15) is 4.79 Å². The van der Waals surface area contributed by atoms with Gasteiger partial charge < -0.3 is 10.2 Å². The highest BCUT2D eigenvalue weighted by Crippen LogP contribution is 2.35. The zero-order chi connectivity index (χ0) is 11.8. The second-order valence-electron chi connectivity index (χ2n) is 5.48. The van der Waals surface area contributed by atoms with Crippen molar-refractivity contribution in [1.82, 2.24) is 10.2 Å². The Morgan fingerprint density at radius 2 is 2.25 bits per heavy atom. The van der Waals surface area contributed by atoms with Crippen molar-refractivity contribution in [2.75, 3.05) is 20.1 Å². The molecule has 3 heteroatoms. The highest BCUT2D eigenvalue weighted by atomic mass is 16.2. The Kier molecular flexibility index (Phi) is 2.94. The van der Waals surface area contributed by atoms with Crippen molar-refractivity contribution in [3.63, 3.8) is 0 Å². The van der Waals surface area contributed by atoms with E-state index in [-0.39, 0.29) is 23.3 Å². The lowest BCUT2D eigenvalue weighted by atomic mass is 9.85. The van der Waals surface area contributed by atoms with Gasteiger partial charge in [0.15, 0.2) is 0 Å². The molecule has 1 aliphatic heterocycles. The summed E-state index contributed by atoms with van der Waals surface area (Å²) >= 11 is 0. The van der Waals surface area contributed by atoms with E-state index in [4.69, 9.17) is 6.42 Å². The topological polar surface area (TPSA) is 32.3 Å². The van der Waals surface area contributed by atoms with Crippen LogP contribution in [0.4, 0.5) is 0 Å². The zero-order valence-corrected chi connectivity index (χ0v) is 10.1. The number of likely N-dealkylation sites (tertiary alicyclic amines) is 1. The fourth-order valence-electron chi connectivity index (χ4n) is 2.30. The molecule has 1 N–H and O–H groups in total. The van der Waals surface area contributed by atoms with Crippen molar-refractivity contribution in [2.24, 2.45) is 11.8 Å². The van der Waals surface area contributed by atoms with Gasteiger partial charge in [0.1, 0.15) is 0 Å². The minimum atomic E-state index is 0.0126. The van der Waals surface area contributed by atoms with E-state index in [1.165, 1.54) is 0 Å². The van der Waals surface area contributed by atoms with Gasteiger partial charge >= 0.3 is 0 Å². The van der Waals surface area contributed by atoms with E-state index in [1.807, 2.05) is 0 Å². The molecule has 3 nitrogen and oxygen atoms in total. The zero-order valence-electron chi connectivity index (χ0n) is 10.1. The first-order chi connectivity index (χ1) is 7.54. The largest absolute Gasteiger partial charge is 0.351 e. The summed E-state index contributed by atoms with van der Waals surface area (Å²) in [5, 5.41) is 3.13. The number of terminal acetylenes is 1. The second kappa shape index (κ2) is 4.10. The van der Waals surface area contributed by atoms with Crippen molar-refractivity contribution >= 4 is 5.91 Å². The van der Waals surface area contributed by atoms with Crippen LogP contribution < -0.4 is 5.32 Å². The van der Waals surface area contributed by atoms with E-state index in [1.54, 1.807) is 0 Å². The van der Waals surface area contributed by atoms with Crippen molar-refractivity contribution in [3.05, 3.63) is 0 Å². The van der Waals surface area contributed by atoms with E-state index in [0.29, 0.717) is 0 Å². The molecule has 2 fully saturated rings. The number of nitrogens with zero attached hydrogens (tertiary/aromatic N) is 1. The Labute approximate surface area is 97.6 Å². The molecule has 0 aromatic carbocycles. The van der Waals surface area contributed by atoms with Crippen LogP contribution in [0.25, 0.3) is 0 Å². The predicted molar refractivity (Wildman–Crippen MR) is 63.7 cm³/mol. The van der Waals surface area contributed by atoms with Gasteiger partial charge in [-0.3, -0.25) is 4.79 Å². The normalized spacial score (nSPS) is 32.8. The molecule has 0 aromatic heterocycles. The Hall–Kier alpha value is -1.01. The van der Waals surface area contributed by atoms with Gasteiger partial charge in [0.25, 0.3) is 0 Å². The maximum atomic E-state index is 12.1. The summed E-state index contributed by atoms with van der Waals surface area (Å²) in [6, 6.07) is 0. The van der Waals surface area contributed by atoms with Crippen molar-refractivity contribution in [1.29, 1.82) is 0 Å². The lowest BCUT2D eigenvalue weighted by Crippen LogP contribution is -2.47. The number of amides is 1. The molecule has 0 unspecified atom stereocenters. The number of piperidine rings is 1. The summed E-state index contributed by atoms with van der Waals surface area (Å²) in [5.41, 5.74) is 0.0690. The number of carbonyl (C=O) groups is 1. The van der Waals surface area contributed by atoms with Crippen LogP contribution in [0.3, 0.4) is 0 Å². The Balaban J connectivity index is 1.96. The van der Waals surface area contributed by atoms with Crippen molar-refractivity contribution in [3.8, 4) is 12.3 Å². The summed E-state index contributed by atoms with van der Waals surface area (Å²) in [6.45, 7) is 3.91. The lowest BCUT2D eigenvalue weighted by molar-refractivity contribution is -0.128. The van der Waals surface area contributed by atoms with Crippen LogP contribution in [0, 0.1) is 24.2 Å². The van der Waals surface area contributed by atoms with Gasteiger partial charge in [-0.05, 0) is 39.8 Å². The monoisotopic (exact) mass is 220 g/mol. The number of hydrogen-bond acceptors (Lipinski definition) is 2. The lowest BCUT2D eigenvalue weighted by Gasteiger charge is -2.33. The molecule has 0 aromatic rings. The summed E-state index contributed by atoms with van der Waals surface area (Å²) in [4.78, 5) is 14.3. The van der Waals surface area contributed by atoms with Crippen LogP contribution in [0.5, 0.6) is 0 Å². The molecule has 0 radical (unpaired) electrons. The highest BCUT2D eigenvalue weighted by molar-refractivity contribution is 5.80. The molecule has 88 valence electrons. The fourth-order valence-corrected chi connectivity index (χ4v) is 2.30. The first-order valence-corrected chi connectivity index (χ1v) is 6.01. The summed E-state index contributed by atoms with van der Waals surface area (Å²) in [6.07, 6.45) is 8.61. The molecule has 1 saturated carbocycles. The molecular weight excluding hydrogens is 200 g/mol. The van der Waals surface area contributed by atoms with E-state index >= 15 is 0 Å². The molecule has 1 aliphatic carbocycles. The van der Waals surface area contributed by atoms with Crippen LogP contribution in [0.2, 0.25) is 0 Å². The van der Waals surface area contributed by atoms with Gasteiger partial charge in [0, 0.05) is 18.0 Å². The average Bonchev–Trinajstić information content (AvgIpc) is 2.95. The van der Waals surface area contributed by atoms with Crippen LogP contribution in [0.1, 0.15) is 26.2 Å². The first-order valence-electron chi connectivity index (χ1n) is 6.01. The van der Waals surface area contributed by atoms with Crippen molar-refractivity contribution < 1.29 is 4.79 Å². The maximum absolute atomic E-state index is 12.1. The average molecular weight is 220 g/mol. The van der Waals surface area contributed by atoms with Gasteiger partial charge in [-0.25, -0.2) is 0 Å². The smallest absolute Gasteiger partial charge is 0.224 e. The van der Waals surface area contributed by atoms with E-state index < -0.39 is 0 Å². The summed E-state index contributed by atoms with van der Waals surface area (Å²) < 4.78 is 0. The van der Waals surface area contributed by atoms with Crippen LogP contribution >= 0.6 is 0 Å². The molecule has 2 rings (SSSR count). The van der Waals surface area contributed by atoms with Gasteiger partial charge in [0.2, 0.25) is 5.91 Å². The minimum absolute atomic E-state index is 0.0126. The number of carbonyl (C=O) groups excluding carboxylic acids is 1. The molecule has 1 amide bonds. The third-order valence-corrected chi connectivity index (χ3v) is 3.79.